The number of carbonyl (C=O) groups excluding carboxylic acids is 3. The number of nitrogens with one attached hydrogen (secondary N) is 3. The van der Waals surface area contributed by atoms with Gasteiger partial charge in [-0.1, -0.05) is 18.2 Å². The van der Waals surface area contributed by atoms with Crippen LogP contribution in [-0.4, -0.2) is 37.0 Å². The highest BCUT2D eigenvalue weighted by Crippen LogP contribution is 2.18. The summed E-state index contributed by atoms with van der Waals surface area (Å²) >= 11 is 0. The Kier molecular flexibility index (Phi) is 7.83. The molecule has 2 rings (SSSR count). The summed E-state index contributed by atoms with van der Waals surface area (Å²) in [5.74, 6) is -0.277. The third-order valence-corrected chi connectivity index (χ3v) is 3.59. The molecule has 0 saturated heterocycles. The SMILES string of the molecule is CCOc1ccc(O[C@H](C)C(=O)NNC(=O)CNC(=O)c2ccccc2)cc1. The molecule has 0 unspecified atom stereocenters. The number of benzene rings is 2. The zero-order chi connectivity index (χ0) is 20.4. The maximum absolute atomic E-state index is 12.0. The Morgan fingerprint density at radius 2 is 1.57 bits per heavy atom. The molecule has 0 heterocycles. The third kappa shape index (κ3) is 6.64. The van der Waals surface area contributed by atoms with Gasteiger partial charge in [-0.25, -0.2) is 0 Å². The van der Waals surface area contributed by atoms with Gasteiger partial charge in [0.1, 0.15) is 11.5 Å². The molecule has 1 atom stereocenters. The fourth-order valence-electron chi connectivity index (χ4n) is 2.17. The Morgan fingerprint density at radius 3 is 2.21 bits per heavy atom. The van der Waals surface area contributed by atoms with E-state index in [1.54, 1.807) is 61.5 Å². The van der Waals surface area contributed by atoms with Crippen molar-refractivity contribution in [2.24, 2.45) is 0 Å². The maximum Gasteiger partial charge on any atom is 0.279 e. The molecule has 148 valence electrons. The Labute approximate surface area is 163 Å². The predicted molar refractivity (Wildman–Crippen MR) is 103 cm³/mol. The Morgan fingerprint density at radius 1 is 0.929 bits per heavy atom. The summed E-state index contributed by atoms with van der Waals surface area (Å²) in [6.07, 6.45) is -0.836. The van der Waals surface area contributed by atoms with E-state index >= 15 is 0 Å². The largest absolute Gasteiger partial charge is 0.494 e. The van der Waals surface area contributed by atoms with Gasteiger partial charge < -0.3 is 14.8 Å². The number of carbonyl (C=O) groups is 3. The zero-order valence-electron chi connectivity index (χ0n) is 15.7. The zero-order valence-corrected chi connectivity index (χ0v) is 15.7. The Hall–Kier alpha value is -3.55. The van der Waals surface area contributed by atoms with E-state index in [-0.39, 0.29) is 12.5 Å². The second-order valence-electron chi connectivity index (χ2n) is 5.75. The van der Waals surface area contributed by atoms with Crippen molar-refractivity contribution in [2.45, 2.75) is 20.0 Å². The second-order valence-corrected chi connectivity index (χ2v) is 5.75. The topological polar surface area (TPSA) is 106 Å². The minimum Gasteiger partial charge on any atom is -0.494 e. The van der Waals surface area contributed by atoms with E-state index < -0.39 is 17.9 Å². The van der Waals surface area contributed by atoms with Crippen molar-refractivity contribution in [1.29, 1.82) is 0 Å². The molecule has 0 saturated carbocycles. The fourth-order valence-corrected chi connectivity index (χ4v) is 2.17. The quantitative estimate of drug-likeness (QED) is 0.596. The van der Waals surface area contributed by atoms with Crippen LogP contribution in [0.25, 0.3) is 0 Å². The van der Waals surface area contributed by atoms with Crippen LogP contribution in [0.1, 0.15) is 24.2 Å². The standard InChI is InChI=1S/C20H23N3O5/c1-3-27-16-9-11-17(12-10-16)28-14(2)19(25)23-22-18(24)13-21-20(26)15-7-5-4-6-8-15/h4-12,14H,3,13H2,1-2H3,(H,21,26)(H,22,24)(H,23,25)/t14-/m1/s1. The lowest BCUT2D eigenvalue weighted by molar-refractivity contribution is -0.132. The minimum absolute atomic E-state index is 0.276. The van der Waals surface area contributed by atoms with Gasteiger partial charge in [0.15, 0.2) is 6.10 Å². The molecule has 8 nitrogen and oxygen atoms in total. The molecule has 3 amide bonds. The molecule has 0 aliphatic carbocycles. The van der Waals surface area contributed by atoms with Crippen LogP contribution >= 0.6 is 0 Å². The van der Waals surface area contributed by atoms with Crippen molar-refractivity contribution in [2.75, 3.05) is 13.2 Å². The van der Waals surface area contributed by atoms with Gasteiger partial charge in [0.2, 0.25) is 0 Å². The summed E-state index contributed by atoms with van der Waals surface area (Å²) in [5, 5.41) is 2.46. The first kappa shape index (κ1) is 20.8. The van der Waals surface area contributed by atoms with Crippen molar-refractivity contribution >= 4 is 17.7 Å². The van der Waals surface area contributed by atoms with Crippen molar-refractivity contribution in [1.82, 2.24) is 16.2 Å². The molecular formula is C20H23N3O5. The van der Waals surface area contributed by atoms with E-state index in [4.69, 9.17) is 9.47 Å². The lowest BCUT2D eigenvalue weighted by atomic mass is 10.2. The van der Waals surface area contributed by atoms with Crippen LogP contribution in [0.2, 0.25) is 0 Å². The first-order valence-corrected chi connectivity index (χ1v) is 8.81. The van der Waals surface area contributed by atoms with Gasteiger partial charge >= 0.3 is 0 Å². The molecule has 8 heteroatoms. The van der Waals surface area contributed by atoms with E-state index in [9.17, 15) is 14.4 Å². The smallest absolute Gasteiger partial charge is 0.279 e. The average Bonchev–Trinajstić information content (AvgIpc) is 2.72. The van der Waals surface area contributed by atoms with E-state index in [0.29, 0.717) is 23.7 Å². The molecule has 0 bridgehead atoms. The maximum atomic E-state index is 12.0. The molecule has 0 aliphatic rings. The van der Waals surface area contributed by atoms with E-state index in [2.05, 4.69) is 16.2 Å². The number of hydrazine groups is 1. The normalized spacial score (nSPS) is 11.1. The van der Waals surface area contributed by atoms with Gasteiger partial charge in [0.05, 0.1) is 13.2 Å². The number of hydrogen-bond acceptors (Lipinski definition) is 5. The van der Waals surface area contributed by atoms with Crippen LogP contribution in [0.15, 0.2) is 54.6 Å². The predicted octanol–water partition coefficient (Wildman–Crippen LogP) is 1.43. The number of amides is 3. The highest BCUT2D eigenvalue weighted by Gasteiger charge is 2.16. The van der Waals surface area contributed by atoms with Crippen LogP contribution in [0.3, 0.4) is 0 Å². The van der Waals surface area contributed by atoms with Gasteiger partial charge in [-0.15, -0.1) is 0 Å². The summed E-state index contributed by atoms with van der Waals surface area (Å²) in [6.45, 7) is 3.72. The van der Waals surface area contributed by atoms with Crippen LogP contribution in [-0.2, 0) is 9.59 Å². The van der Waals surface area contributed by atoms with Crippen LogP contribution in [0.4, 0.5) is 0 Å². The fraction of sp³-hybridized carbons (Fsp3) is 0.250. The monoisotopic (exact) mass is 385 g/mol. The summed E-state index contributed by atoms with van der Waals surface area (Å²) in [4.78, 5) is 35.6. The van der Waals surface area contributed by atoms with E-state index in [1.165, 1.54) is 0 Å². The Balaban J connectivity index is 1.71. The van der Waals surface area contributed by atoms with Crippen molar-refractivity contribution < 1.29 is 23.9 Å². The summed E-state index contributed by atoms with van der Waals surface area (Å²) in [6, 6.07) is 15.3. The molecule has 0 fully saturated rings. The van der Waals surface area contributed by atoms with Gasteiger partial charge in [-0.05, 0) is 50.2 Å². The van der Waals surface area contributed by atoms with E-state index in [1.807, 2.05) is 6.92 Å². The summed E-state index contributed by atoms with van der Waals surface area (Å²) in [7, 11) is 0. The summed E-state index contributed by atoms with van der Waals surface area (Å²) in [5.41, 5.74) is 4.93. The van der Waals surface area contributed by atoms with Crippen LogP contribution in [0, 0.1) is 0 Å². The summed E-state index contributed by atoms with van der Waals surface area (Å²) < 4.78 is 10.8. The molecular weight excluding hydrogens is 362 g/mol. The molecule has 2 aromatic carbocycles. The molecule has 2 aromatic rings. The van der Waals surface area contributed by atoms with Crippen LogP contribution < -0.4 is 25.6 Å². The second kappa shape index (κ2) is 10.6. The van der Waals surface area contributed by atoms with Gasteiger partial charge in [-0.2, -0.15) is 0 Å². The number of ether oxygens (including phenoxy) is 2. The van der Waals surface area contributed by atoms with Crippen molar-refractivity contribution in [3.05, 3.63) is 60.2 Å². The average molecular weight is 385 g/mol. The van der Waals surface area contributed by atoms with Gasteiger partial charge in [-0.3, -0.25) is 25.2 Å². The highest BCUT2D eigenvalue weighted by molar-refractivity contribution is 5.96. The van der Waals surface area contributed by atoms with Crippen molar-refractivity contribution in [3.8, 4) is 11.5 Å². The molecule has 3 N–H and O–H groups in total. The Bertz CT molecular complexity index is 793. The lowest BCUT2D eigenvalue weighted by Crippen LogP contribution is -2.50. The van der Waals surface area contributed by atoms with Crippen molar-refractivity contribution in [3.63, 3.8) is 0 Å². The third-order valence-electron chi connectivity index (χ3n) is 3.59. The number of rotatable bonds is 8. The molecule has 0 aliphatic heterocycles. The minimum atomic E-state index is -0.836. The highest BCUT2D eigenvalue weighted by atomic mass is 16.5. The van der Waals surface area contributed by atoms with Crippen LogP contribution in [0.5, 0.6) is 11.5 Å². The number of hydrogen-bond donors (Lipinski definition) is 3. The first-order valence-electron chi connectivity index (χ1n) is 8.81. The molecule has 0 radical (unpaired) electrons. The molecule has 0 aromatic heterocycles. The first-order chi connectivity index (χ1) is 13.5. The van der Waals surface area contributed by atoms with Gasteiger partial charge in [0, 0.05) is 5.56 Å². The van der Waals surface area contributed by atoms with Gasteiger partial charge in [0.25, 0.3) is 17.7 Å². The lowest BCUT2D eigenvalue weighted by Gasteiger charge is -2.15. The van der Waals surface area contributed by atoms with E-state index in [0.717, 1.165) is 0 Å². The molecule has 0 spiro atoms. The molecule has 28 heavy (non-hydrogen) atoms.